The summed E-state index contributed by atoms with van der Waals surface area (Å²) >= 11 is 0. The zero-order valence-electron chi connectivity index (χ0n) is 13.8. The highest BCUT2D eigenvalue weighted by atomic mass is 16.3. The van der Waals surface area contributed by atoms with Gasteiger partial charge in [0, 0.05) is 43.3 Å². The summed E-state index contributed by atoms with van der Waals surface area (Å²) in [5, 5.41) is 14.3. The van der Waals surface area contributed by atoms with Crippen LogP contribution in [0.15, 0.2) is 35.5 Å². The number of para-hydroxylation sites is 1. The van der Waals surface area contributed by atoms with E-state index in [2.05, 4.69) is 52.6 Å². The average molecular weight is 314 g/mol. The zero-order chi connectivity index (χ0) is 16.1. The van der Waals surface area contributed by atoms with Crippen molar-refractivity contribution in [2.45, 2.75) is 32.3 Å². The van der Waals surface area contributed by atoms with Crippen LogP contribution in [0, 0.1) is 0 Å². The van der Waals surface area contributed by atoms with Gasteiger partial charge in [0.15, 0.2) is 5.96 Å². The van der Waals surface area contributed by atoms with E-state index in [1.54, 1.807) is 0 Å². The average Bonchev–Trinajstić information content (AvgIpc) is 3.17. The van der Waals surface area contributed by atoms with Gasteiger partial charge in [0.1, 0.15) is 0 Å². The number of benzene rings is 1. The summed E-state index contributed by atoms with van der Waals surface area (Å²) < 4.78 is 0. The molecule has 23 heavy (non-hydrogen) atoms. The van der Waals surface area contributed by atoms with Crippen LogP contribution in [0.25, 0.3) is 10.9 Å². The summed E-state index contributed by atoms with van der Waals surface area (Å²) in [5.41, 5.74) is 2.56. The molecule has 1 aliphatic heterocycles. The van der Waals surface area contributed by atoms with Crippen molar-refractivity contribution >= 4 is 16.9 Å². The van der Waals surface area contributed by atoms with E-state index < -0.39 is 0 Å². The number of nitrogens with zero attached hydrogens (tertiary/aromatic N) is 2. The number of β-amino-alcohol motifs (C(OH)–C–C–N with tert-alkyl or cyclic N) is 1. The van der Waals surface area contributed by atoms with Crippen molar-refractivity contribution in [1.82, 2.24) is 15.2 Å². The summed E-state index contributed by atoms with van der Waals surface area (Å²) in [6, 6.07) is 8.42. The Morgan fingerprint density at radius 3 is 3.09 bits per heavy atom. The number of nitrogens with one attached hydrogen (secondary N) is 2. The van der Waals surface area contributed by atoms with Crippen LogP contribution in [0.4, 0.5) is 0 Å². The molecule has 0 radical (unpaired) electrons. The standard InChI is InChI=1S/C18H26N4O/c1-2-19-18(22-11-9-15(23)13-22)20-10-5-6-14-12-21-17-8-4-3-7-16(14)17/h3-4,7-8,12,15,21,23H,2,5-6,9-11,13H2,1H3,(H,19,20)/t15-/m1/s1. The van der Waals surface area contributed by atoms with Gasteiger partial charge in [0.2, 0.25) is 0 Å². The summed E-state index contributed by atoms with van der Waals surface area (Å²) in [7, 11) is 0. The van der Waals surface area contributed by atoms with E-state index in [4.69, 9.17) is 4.99 Å². The van der Waals surface area contributed by atoms with Gasteiger partial charge in [-0.15, -0.1) is 0 Å². The summed E-state index contributed by atoms with van der Waals surface area (Å²) in [6.07, 6.45) is 4.77. The Hall–Kier alpha value is -2.01. The number of H-pyrrole nitrogens is 1. The van der Waals surface area contributed by atoms with Crippen molar-refractivity contribution in [3.8, 4) is 0 Å². The minimum Gasteiger partial charge on any atom is -0.391 e. The summed E-state index contributed by atoms with van der Waals surface area (Å²) in [4.78, 5) is 10.2. The molecule has 5 heteroatoms. The number of rotatable bonds is 5. The Balaban J connectivity index is 1.56. The highest BCUT2D eigenvalue weighted by Gasteiger charge is 2.22. The van der Waals surface area contributed by atoms with Crippen LogP contribution in [0.3, 0.4) is 0 Å². The number of aliphatic hydroxyl groups is 1. The first-order chi connectivity index (χ1) is 11.3. The normalized spacial score (nSPS) is 18.8. The maximum atomic E-state index is 9.69. The number of likely N-dealkylation sites (tertiary alicyclic amines) is 1. The minimum atomic E-state index is -0.218. The minimum absolute atomic E-state index is 0.218. The van der Waals surface area contributed by atoms with Gasteiger partial charge in [0.25, 0.3) is 0 Å². The quantitative estimate of drug-likeness (QED) is 0.450. The molecule has 124 valence electrons. The predicted molar refractivity (Wildman–Crippen MR) is 94.8 cm³/mol. The van der Waals surface area contributed by atoms with Crippen LogP contribution in [-0.2, 0) is 6.42 Å². The molecule has 0 amide bonds. The molecule has 0 spiro atoms. The molecule has 1 saturated heterocycles. The molecule has 3 N–H and O–H groups in total. The lowest BCUT2D eigenvalue weighted by Gasteiger charge is -2.20. The molecule has 2 heterocycles. The SMILES string of the molecule is CCNC(=NCCCc1c[nH]c2ccccc12)N1CC[C@@H](O)C1. The predicted octanol–water partition coefficient (Wildman–Crippen LogP) is 2.13. The molecular weight excluding hydrogens is 288 g/mol. The molecule has 1 aliphatic rings. The van der Waals surface area contributed by atoms with Gasteiger partial charge < -0.3 is 20.3 Å². The van der Waals surface area contributed by atoms with Crippen molar-refractivity contribution < 1.29 is 5.11 Å². The molecular formula is C18H26N4O. The number of hydrogen-bond donors (Lipinski definition) is 3. The molecule has 1 aromatic carbocycles. The number of aliphatic hydroxyl groups excluding tert-OH is 1. The van der Waals surface area contributed by atoms with Crippen LogP contribution >= 0.6 is 0 Å². The van der Waals surface area contributed by atoms with Gasteiger partial charge in [0.05, 0.1) is 6.10 Å². The fourth-order valence-corrected chi connectivity index (χ4v) is 3.15. The highest BCUT2D eigenvalue weighted by Crippen LogP contribution is 2.19. The van der Waals surface area contributed by atoms with Crippen molar-refractivity contribution in [3.05, 3.63) is 36.0 Å². The number of aliphatic imine (C=N–C) groups is 1. The van der Waals surface area contributed by atoms with Crippen LogP contribution in [0.5, 0.6) is 0 Å². The van der Waals surface area contributed by atoms with E-state index >= 15 is 0 Å². The topological polar surface area (TPSA) is 63.7 Å². The Bertz CT molecular complexity index is 664. The Labute approximate surface area is 137 Å². The first kappa shape index (κ1) is 15.9. The van der Waals surface area contributed by atoms with Crippen LogP contribution < -0.4 is 5.32 Å². The molecule has 5 nitrogen and oxygen atoms in total. The third-order valence-corrected chi connectivity index (χ3v) is 4.34. The molecule has 1 fully saturated rings. The largest absolute Gasteiger partial charge is 0.391 e. The molecule has 2 aromatic rings. The fourth-order valence-electron chi connectivity index (χ4n) is 3.15. The number of fused-ring (bicyclic) bond motifs is 1. The summed E-state index contributed by atoms with van der Waals surface area (Å²) in [6.45, 7) is 5.31. The Morgan fingerprint density at radius 1 is 1.43 bits per heavy atom. The lowest BCUT2D eigenvalue weighted by Crippen LogP contribution is -2.40. The molecule has 1 aromatic heterocycles. The number of hydrogen-bond acceptors (Lipinski definition) is 2. The van der Waals surface area contributed by atoms with E-state index in [1.165, 1.54) is 16.5 Å². The molecule has 1 atom stereocenters. The van der Waals surface area contributed by atoms with E-state index in [0.717, 1.165) is 44.9 Å². The van der Waals surface area contributed by atoms with Gasteiger partial charge in [-0.2, -0.15) is 0 Å². The van der Waals surface area contributed by atoms with Gasteiger partial charge >= 0.3 is 0 Å². The van der Waals surface area contributed by atoms with Gasteiger partial charge in [-0.3, -0.25) is 4.99 Å². The second-order valence-corrected chi connectivity index (χ2v) is 6.09. The number of aryl methyl sites for hydroxylation is 1. The fraction of sp³-hybridized carbons (Fsp3) is 0.500. The molecule has 0 unspecified atom stereocenters. The first-order valence-electron chi connectivity index (χ1n) is 8.54. The third kappa shape index (κ3) is 3.85. The second kappa shape index (κ2) is 7.51. The van der Waals surface area contributed by atoms with E-state index in [0.29, 0.717) is 6.54 Å². The molecule has 0 bridgehead atoms. The second-order valence-electron chi connectivity index (χ2n) is 6.09. The smallest absolute Gasteiger partial charge is 0.194 e. The monoisotopic (exact) mass is 314 g/mol. The van der Waals surface area contributed by atoms with Crippen LogP contribution in [0.2, 0.25) is 0 Å². The van der Waals surface area contributed by atoms with Crippen molar-refractivity contribution in [3.63, 3.8) is 0 Å². The lowest BCUT2D eigenvalue weighted by atomic mass is 10.1. The molecule has 0 aliphatic carbocycles. The number of aromatic nitrogens is 1. The first-order valence-corrected chi connectivity index (χ1v) is 8.54. The lowest BCUT2D eigenvalue weighted by molar-refractivity contribution is 0.188. The highest BCUT2D eigenvalue weighted by molar-refractivity contribution is 5.83. The van der Waals surface area contributed by atoms with Gasteiger partial charge in [-0.1, -0.05) is 18.2 Å². The van der Waals surface area contributed by atoms with Crippen molar-refractivity contribution in [1.29, 1.82) is 0 Å². The maximum Gasteiger partial charge on any atom is 0.194 e. The number of guanidine groups is 1. The van der Waals surface area contributed by atoms with Crippen molar-refractivity contribution in [2.24, 2.45) is 4.99 Å². The van der Waals surface area contributed by atoms with E-state index in [9.17, 15) is 5.11 Å². The van der Waals surface area contributed by atoms with Crippen LogP contribution in [-0.4, -0.2) is 53.2 Å². The molecule has 0 saturated carbocycles. The zero-order valence-corrected chi connectivity index (χ0v) is 13.8. The number of aromatic amines is 1. The van der Waals surface area contributed by atoms with E-state index in [-0.39, 0.29) is 6.10 Å². The van der Waals surface area contributed by atoms with Crippen LogP contribution in [0.1, 0.15) is 25.3 Å². The maximum absolute atomic E-state index is 9.69. The Kier molecular flexibility index (Phi) is 5.18. The third-order valence-electron chi connectivity index (χ3n) is 4.34. The van der Waals surface area contributed by atoms with Crippen molar-refractivity contribution in [2.75, 3.05) is 26.2 Å². The Morgan fingerprint density at radius 2 is 2.30 bits per heavy atom. The van der Waals surface area contributed by atoms with Gasteiger partial charge in [-0.25, -0.2) is 0 Å². The molecule has 3 rings (SSSR count). The van der Waals surface area contributed by atoms with E-state index in [1.807, 2.05) is 0 Å². The van der Waals surface area contributed by atoms with Gasteiger partial charge in [-0.05, 0) is 37.8 Å². The summed E-state index contributed by atoms with van der Waals surface area (Å²) in [5.74, 6) is 0.933.